The van der Waals surface area contributed by atoms with Crippen molar-refractivity contribution in [3.8, 4) is 6.07 Å². The first-order valence-corrected chi connectivity index (χ1v) is 7.35. The molecule has 7 heteroatoms. The number of aryl methyl sites for hydroxylation is 3. The van der Waals surface area contributed by atoms with E-state index in [1.807, 2.05) is 13.0 Å². The summed E-state index contributed by atoms with van der Waals surface area (Å²) >= 11 is 0. The average molecular weight is 290 g/mol. The molecule has 0 unspecified atom stereocenters. The Labute approximate surface area is 117 Å². The number of rotatable bonds is 3. The van der Waals surface area contributed by atoms with Gasteiger partial charge in [-0.1, -0.05) is 17.7 Å². The second kappa shape index (κ2) is 4.98. The molecule has 1 heterocycles. The van der Waals surface area contributed by atoms with Gasteiger partial charge in [0.1, 0.15) is 11.6 Å². The number of sulfonamides is 1. The molecule has 1 aromatic heterocycles. The molecule has 1 N–H and O–H groups in total. The lowest BCUT2D eigenvalue weighted by Gasteiger charge is -2.09. The van der Waals surface area contributed by atoms with Gasteiger partial charge in [-0.25, -0.2) is 8.42 Å². The van der Waals surface area contributed by atoms with Gasteiger partial charge in [0.15, 0.2) is 5.82 Å². The van der Waals surface area contributed by atoms with Crippen molar-refractivity contribution in [2.45, 2.75) is 18.7 Å². The van der Waals surface area contributed by atoms with Crippen LogP contribution in [0.1, 0.15) is 16.7 Å². The fraction of sp³-hybridized carbons (Fsp3) is 0.231. The monoisotopic (exact) mass is 290 g/mol. The van der Waals surface area contributed by atoms with E-state index < -0.39 is 10.0 Å². The first kappa shape index (κ1) is 14.1. The second-order valence-electron chi connectivity index (χ2n) is 4.55. The predicted molar refractivity (Wildman–Crippen MR) is 74.6 cm³/mol. The van der Waals surface area contributed by atoms with E-state index in [9.17, 15) is 8.42 Å². The number of hydrogen-bond acceptors (Lipinski definition) is 4. The molecule has 2 rings (SSSR count). The summed E-state index contributed by atoms with van der Waals surface area (Å²) in [6.07, 6.45) is 1.46. The van der Waals surface area contributed by atoms with Crippen molar-refractivity contribution in [3.05, 3.63) is 41.1 Å². The van der Waals surface area contributed by atoms with Crippen molar-refractivity contribution in [1.82, 2.24) is 9.78 Å². The van der Waals surface area contributed by atoms with Crippen LogP contribution in [0.15, 0.2) is 29.3 Å². The van der Waals surface area contributed by atoms with E-state index in [0.717, 1.165) is 5.56 Å². The molecule has 6 nitrogen and oxygen atoms in total. The zero-order valence-corrected chi connectivity index (χ0v) is 12.2. The van der Waals surface area contributed by atoms with Gasteiger partial charge in [0.2, 0.25) is 0 Å². The molecule has 0 spiro atoms. The minimum atomic E-state index is -3.76. The standard InChI is InChI=1S/C13H14N4O2S/c1-9-4-5-12(10(2)6-9)20(18,19)16-13-11(7-14)8-17(3)15-13/h4-6,8H,1-3H3,(H,15,16). The van der Waals surface area contributed by atoms with Crippen molar-refractivity contribution in [3.63, 3.8) is 0 Å². The van der Waals surface area contributed by atoms with Gasteiger partial charge in [0.05, 0.1) is 4.90 Å². The van der Waals surface area contributed by atoms with Crippen LogP contribution < -0.4 is 4.72 Å². The number of nitrogens with zero attached hydrogens (tertiary/aromatic N) is 3. The molecule has 0 saturated carbocycles. The largest absolute Gasteiger partial charge is 0.272 e. The zero-order valence-electron chi connectivity index (χ0n) is 11.4. The lowest BCUT2D eigenvalue weighted by atomic mass is 10.2. The molecule has 0 saturated heterocycles. The van der Waals surface area contributed by atoms with E-state index >= 15 is 0 Å². The van der Waals surface area contributed by atoms with Crippen LogP contribution in [0.25, 0.3) is 0 Å². The maximum Gasteiger partial charge on any atom is 0.263 e. The Balaban J connectivity index is 2.44. The van der Waals surface area contributed by atoms with Crippen LogP contribution >= 0.6 is 0 Å². The summed E-state index contributed by atoms with van der Waals surface area (Å²) in [7, 11) is -2.14. The molecule has 0 aliphatic carbocycles. The third kappa shape index (κ3) is 2.65. The number of nitrogens with one attached hydrogen (secondary N) is 1. The maximum atomic E-state index is 12.3. The minimum absolute atomic E-state index is 0.0370. The van der Waals surface area contributed by atoms with Gasteiger partial charge in [-0.05, 0) is 25.5 Å². The Morgan fingerprint density at radius 2 is 2.05 bits per heavy atom. The lowest BCUT2D eigenvalue weighted by Crippen LogP contribution is -2.15. The van der Waals surface area contributed by atoms with E-state index in [4.69, 9.17) is 5.26 Å². The van der Waals surface area contributed by atoms with E-state index in [2.05, 4.69) is 9.82 Å². The van der Waals surface area contributed by atoms with Crippen LogP contribution in [0.3, 0.4) is 0 Å². The molecule has 0 atom stereocenters. The van der Waals surface area contributed by atoms with Crippen LogP contribution in [0, 0.1) is 25.2 Å². The highest BCUT2D eigenvalue weighted by Crippen LogP contribution is 2.21. The van der Waals surface area contributed by atoms with Gasteiger partial charge in [-0.3, -0.25) is 9.40 Å². The number of anilines is 1. The molecule has 0 amide bonds. The Bertz CT molecular complexity index is 800. The molecule has 2 aromatic rings. The van der Waals surface area contributed by atoms with Crippen LogP contribution in [0.2, 0.25) is 0 Å². The Morgan fingerprint density at radius 1 is 1.35 bits per heavy atom. The van der Waals surface area contributed by atoms with Crippen LogP contribution in [-0.4, -0.2) is 18.2 Å². The third-order valence-corrected chi connectivity index (χ3v) is 4.30. The van der Waals surface area contributed by atoms with Crippen LogP contribution in [0.5, 0.6) is 0 Å². The van der Waals surface area contributed by atoms with Gasteiger partial charge in [0, 0.05) is 13.2 Å². The van der Waals surface area contributed by atoms with Gasteiger partial charge >= 0.3 is 0 Å². The number of benzene rings is 1. The molecule has 0 fully saturated rings. The SMILES string of the molecule is Cc1ccc(S(=O)(=O)Nc2nn(C)cc2C#N)c(C)c1. The number of aromatic nitrogens is 2. The van der Waals surface area contributed by atoms with Crippen LogP contribution in [0.4, 0.5) is 5.82 Å². The van der Waals surface area contributed by atoms with Gasteiger partial charge in [-0.15, -0.1) is 0 Å². The van der Waals surface area contributed by atoms with E-state index in [0.29, 0.717) is 5.56 Å². The average Bonchev–Trinajstić information content (AvgIpc) is 2.67. The van der Waals surface area contributed by atoms with Crippen LogP contribution in [-0.2, 0) is 17.1 Å². The normalized spacial score (nSPS) is 11.1. The van der Waals surface area contributed by atoms with Gasteiger partial charge in [-0.2, -0.15) is 10.4 Å². The fourth-order valence-corrected chi connectivity index (χ4v) is 3.17. The maximum absolute atomic E-state index is 12.3. The fourth-order valence-electron chi connectivity index (χ4n) is 1.93. The smallest absolute Gasteiger partial charge is 0.263 e. The molecule has 0 radical (unpaired) electrons. The Morgan fingerprint density at radius 3 is 2.65 bits per heavy atom. The molecule has 0 bridgehead atoms. The first-order chi connectivity index (χ1) is 9.33. The molecular weight excluding hydrogens is 276 g/mol. The van der Waals surface area contributed by atoms with Crippen molar-refractivity contribution in [1.29, 1.82) is 5.26 Å². The summed E-state index contributed by atoms with van der Waals surface area (Å²) in [4.78, 5) is 0.178. The van der Waals surface area contributed by atoms with Crippen molar-refractivity contribution >= 4 is 15.8 Å². The molecule has 0 aliphatic rings. The molecule has 20 heavy (non-hydrogen) atoms. The summed E-state index contributed by atoms with van der Waals surface area (Å²) in [5.41, 5.74) is 1.81. The summed E-state index contributed by atoms with van der Waals surface area (Å²) in [6.45, 7) is 3.62. The van der Waals surface area contributed by atoms with E-state index in [-0.39, 0.29) is 16.3 Å². The molecule has 104 valence electrons. The summed E-state index contributed by atoms with van der Waals surface area (Å²) in [5.74, 6) is 0.0370. The third-order valence-electron chi connectivity index (χ3n) is 2.80. The minimum Gasteiger partial charge on any atom is -0.272 e. The van der Waals surface area contributed by atoms with Gasteiger partial charge < -0.3 is 0 Å². The zero-order chi connectivity index (χ0) is 14.9. The van der Waals surface area contributed by atoms with Gasteiger partial charge in [0.25, 0.3) is 10.0 Å². The highest BCUT2D eigenvalue weighted by Gasteiger charge is 2.20. The first-order valence-electron chi connectivity index (χ1n) is 5.87. The number of nitriles is 1. The predicted octanol–water partition coefficient (Wildman–Crippen LogP) is 1.71. The van der Waals surface area contributed by atoms with Crippen molar-refractivity contribution in [2.75, 3.05) is 4.72 Å². The van der Waals surface area contributed by atoms with Crippen molar-refractivity contribution < 1.29 is 8.42 Å². The quantitative estimate of drug-likeness (QED) is 0.932. The van der Waals surface area contributed by atoms with E-state index in [1.54, 1.807) is 32.2 Å². The molecular formula is C13H14N4O2S. The highest BCUT2D eigenvalue weighted by atomic mass is 32.2. The Hall–Kier alpha value is -2.33. The summed E-state index contributed by atoms with van der Waals surface area (Å²) in [5, 5.41) is 12.9. The highest BCUT2D eigenvalue weighted by molar-refractivity contribution is 7.92. The van der Waals surface area contributed by atoms with Crippen molar-refractivity contribution in [2.24, 2.45) is 7.05 Å². The topological polar surface area (TPSA) is 87.8 Å². The summed E-state index contributed by atoms with van der Waals surface area (Å²) in [6, 6.07) is 6.96. The summed E-state index contributed by atoms with van der Waals surface area (Å²) < 4.78 is 28.4. The Kier molecular flexibility index (Phi) is 3.51. The number of hydrogen-bond donors (Lipinski definition) is 1. The van der Waals surface area contributed by atoms with E-state index in [1.165, 1.54) is 10.9 Å². The molecule has 0 aliphatic heterocycles. The molecule has 1 aromatic carbocycles. The second-order valence-corrected chi connectivity index (χ2v) is 6.20. The lowest BCUT2D eigenvalue weighted by molar-refractivity contribution is 0.600.